The predicted octanol–water partition coefficient (Wildman–Crippen LogP) is 5.41. The van der Waals surface area contributed by atoms with E-state index in [-0.39, 0.29) is 13.2 Å². The topological polar surface area (TPSA) is 128 Å². The minimum Gasteiger partial charge on any atom is -0.444 e. The van der Waals surface area contributed by atoms with Crippen molar-refractivity contribution in [2.24, 2.45) is 0 Å². The number of hydrogen-bond acceptors (Lipinski definition) is 11. The first-order chi connectivity index (χ1) is 18.1. The van der Waals surface area contributed by atoms with Crippen LogP contribution in [0.1, 0.15) is 21.1 Å². The molecule has 2 amide bonds. The largest absolute Gasteiger partial charge is 0.444 e. The molecular formula is C24H24N6O4S3. The molecule has 0 unspecified atom stereocenters. The van der Waals surface area contributed by atoms with E-state index in [0.717, 1.165) is 45.5 Å². The minimum atomic E-state index is -0.559. The maximum Gasteiger partial charge on any atom is 0.413 e. The number of amides is 2. The van der Waals surface area contributed by atoms with Gasteiger partial charge in [0.05, 0.1) is 0 Å². The third-order valence-corrected chi connectivity index (χ3v) is 7.48. The number of hydrogen-bond donors (Lipinski definition) is 2. The van der Waals surface area contributed by atoms with Crippen LogP contribution >= 0.6 is 34.4 Å². The number of anilines is 2. The molecule has 2 aromatic heterocycles. The number of ether oxygens (including phenoxy) is 2. The summed E-state index contributed by atoms with van der Waals surface area (Å²) in [5, 5.41) is 24.0. The highest BCUT2D eigenvalue weighted by Crippen LogP contribution is 2.20. The van der Waals surface area contributed by atoms with Crippen LogP contribution in [0, 0.1) is 0 Å². The van der Waals surface area contributed by atoms with Gasteiger partial charge >= 0.3 is 12.2 Å². The smallest absolute Gasteiger partial charge is 0.413 e. The summed E-state index contributed by atoms with van der Waals surface area (Å²) in [4.78, 5) is 23.9. The number of thioether (sulfide) groups is 1. The first kappa shape index (κ1) is 26.5. The first-order valence-electron chi connectivity index (χ1n) is 11.3. The number of rotatable bonds is 12. The van der Waals surface area contributed by atoms with E-state index in [1.54, 1.807) is 11.8 Å². The zero-order chi connectivity index (χ0) is 25.7. The van der Waals surface area contributed by atoms with Gasteiger partial charge in [-0.05, 0) is 22.6 Å². The van der Waals surface area contributed by atoms with E-state index in [4.69, 9.17) is 9.47 Å². The van der Waals surface area contributed by atoms with Crippen LogP contribution in [0.25, 0.3) is 0 Å². The molecule has 0 saturated carbocycles. The molecule has 13 heteroatoms. The van der Waals surface area contributed by atoms with Crippen molar-refractivity contribution in [3.05, 3.63) is 81.8 Å². The zero-order valence-corrected chi connectivity index (χ0v) is 22.1. The summed E-state index contributed by atoms with van der Waals surface area (Å²) >= 11 is 4.41. The summed E-state index contributed by atoms with van der Waals surface area (Å²) in [5.74, 6) is 1.70. The fraction of sp³-hybridized carbons (Fsp3) is 0.250. The maximum atomic E-state index is 11.9. The lowest BCUT2D eigenvalue weighted by Gasteiger charge is -2.04. The molecule has 4 aromatic rings. The van der Waals surface area contributed by atoms with Gasteiger partial charge < -0.3 is 9.47 Å². The Morgan fingerprint density at radius 2 is 1.11 bits per heavy atom. The fourth-order valence-corrected chi connectivity index (χ4v) is 5.51. The number of nitrogens with one attached hydrogen (secondary N) is 2. The summed E-state index contributed by atoms with van der Waals surface area (Å²) in [6, 6.07) is 18.9. The van der Waals surface area contributed by atoms with Crippen molar-refractivity contribution in [2.45, 2.75) is 26.1 Å². The number of benzene rings is 2. The molecule has 2 N–H and O–H groups in total. The molecular weight excluding hydrogens is 533 g/mol. The molecule has 0 atom stereocenters. The molecule has 37 heavy (non-hydrogen) atoms. The molecule has 10 nitrogen and oxygen atoms in total. The third-order valence-electron chi connectivity index (χ3n) is 4.70. The third kappa shape index (κ3) is 9.44. The number of nitrogens with zero attached hydrogens (tertiary/aromatic N) is 4. The Morgan fingerprint density at radius 3 is 1.54 bits per heavy atom. The van der Waals surface area contributed by atoms with Crippen molar-refractivity contribution in [1.29, 1.82) is 0 Å². The molecule has 192 valence electrons. The first-order valence-corrected chi connectivity index (χ1v) is 14.1. The predicted molar refractivity (Wildman–Crippen MR) is 145 cm³/mol. The summed E-state index contributed by atoms with van der Waals surface area (Å²) in [6.45, 7) is 0.388. The lowest BCUT2D eigenvalue weighted by Crippen LogP contribution is -2.13. The second-order valence-electron chi connectivity index (χ2n) is 7.49. The Labute approximate surface area is 225 Å². The Kier molecular flexibility index (Phi) is 10.2. The average Bonchev–Trinajstić information content (AvgIpc) is 3.56. The molecule has 0 saturated heterocycles. The Bertz CT molecular complexity index is 1170. The van der Waals surface area contributed by atoms with Crippen molar-refractivity contribution in [1.82, 2.24) is 20.4 Å². The Morgan fingerprint density at radius 1 is 0.676 bits per heavy atom. The Balaban J connectivity index is 1.08. The van der Waals surface area contributed by atoms with Gasteiger partial charge in [-0.15, -0.1) is 20.4 Å². The molecule has 0 radical (unpaired) electrons. The van der Waals surface area contributed by atoms with Crippen molar-refractivity contribution in [3.8, 4) is 0 Å². The number of aryl methyl sites for hydroxylation is 2. The van der Waals surface area contributed by atoms with Crippen LogP contribution in [0.5, 0.6) is 0 Å². The van der Waals surface area contributed by atoms with E-state index in [0.29, 0.717) is 10.3 Å². The van der Waals surface area contributed by atoms with E-state index in [9.17, 15) is 9.59 Å². The van der Waals surface area contributed by atoms with Gasteiger partial charge in [0, 0.05) is 12.8 Å². The monoisotopic (exact) mass is 556 g/mol. The van der Waals surface area contributed by atoms with E-state index in [2.05, 4.69) is 31.0 Å². The fourth-order valence-electron chi connectivity index (χ4n) is 2.92. The SMILES string of the molecule is O=C(Nc1nnc(CCSCCc2nnc(NC(=O)OCc3ccccc3)s2)s1)OCc1ccccc1. The van der Waals surface area contributed by atoms with E-state index in [1.165, 1.54) is 22.7 Å². The van der Waals surface area contributed by atoms with E-state index < -0.39 is 12.2 Å². The molecule has 0 fully saturated rings. The van der Waals surface area contributed by atoms with Crippen LogP contribution < -0.4 is 10.6 Å². The van der Waals surface area contributed by atoms with Gasteiger partial charge in [-0.25, -0.2) is 9.59 Å². The highest BCUT2D eigenvalue weighted by molar-refractivity contribution is 7.99. The highest BCUT2D eigenvalue weighted by Gasteiger charge is 2.11. The summed E-state index contributed by atoms with van der Waals surface area (Å²) in [6.07, 6.45) is 0.353. The van der Waals surface area contributed by atoms with Crippen LogP contribution in [0.4, 0.5) is 19.9 Å². The molecule has 0 bridgehead atoms. The lowest BCUT2D eigenvalue weighted by atomic mass is 10.2. The van der Waals surface area contributed by atoms with Crippen molar-refractivity contribution < 1.29 is 19.1 Å². The Hall–Kier alpha value is -3.55. The van der Waals surface area contributed by atoms with Crippen molar-refractivity contribution in [3.63, 3.8) is 0 Å². The lowest BCUT2D eigenvalue weighted by molar-refractivity contribution is 0.154. The van der Waals surface area contributed by atoms with Gasteiger partial charge in [0.15, 0.2) is 0 Å². The standard InChI is InChI=1S/C24H24N6O4S3/c31-23(33-15-17-7-3-1-4-8-17)25-21-29-27-19(36-21)11-13-35-14-12-20-28-30-22(37-20)26-24(32)34-16-18-9-5-2-6-10-18/h1-10H,11-16H2,(H,25,29,31)(H,26,30,32). The van der Waals surface area contributed by atoms with Gasteiger partial charge in [-0.2, -0.15) is 11.8 Å². The maximum absolute atomic E-state index is 11.9. The number of carbonyl (C=O) groups excluding carboxylic acids is 2. The van der Waals surface area contributed by atoms with Crippen LogP contribution in [-0.4, -0.2) is 44.1 Å². The second-order valence-corrected chi connectivity index (χ2v) is 10.8. The van der Waals surface area contributed by atoms with Crippen LogP contribution in [0.3, 0.4) is 0 Å². The molecule has 4 rings (SSSR count). The highest BCUT2D eigenvalue weighted by atomic mass is 32.2. The van der Waals surface area contributed by atoms with Gasteiger partial charge in [0.1, 0.15) is 23.2 Å². The van der Waals surface area contributed by atoms with Gasteiger partial charge in [0.25, 0.3) is 0 Å². The summed E-state index contributed by atoms with van der Waals surface area (Å²) in [5.41, 5.74) is 1.82. The average molecular weight is 557 g/mol. The summed E-state index contributed by atoms with van der Waals surface area (Å²) < 4.78 is 10.4. The quantitative estimate of drug-likeness (QED) is 0.220. The number of carbonyl (C=O) groups is 2. The molecule has 2 heterocycles. The molecule has 0 aliphatic rings. The van der Waals surface area contributed by atoms with E-state index in [1.807, 2.05) is 60.7 Å². The molecule has 0 spiro atoms. The van der Waals surface area contributed by atoms with Crippen molar-refractivity contribution in [2.75, 3.05) is 22.1 Å². The van der Waals surface area contributed by atoms with Gasteiger partial charge in [-0.1, -0.05) is 83.3 Å². The zero-order valence-electron chi connectivity index (χ0n) is 19.7. The molecule has 0 aliphatic heterocycles. The van der Waals surface area contributed by atoms with Crippen LogP contribution in [-0.2, 0) is 35.5 Å². The number of aromatic nitrogens is 4. The van der Waals surface area contributed by atoms with Crippen molar-refractivity contribution >= 4 is 56.9 Å². The van der Waals surface area contributed by atoms with Gasteiger partial charge in [0.2, 0.25) is 10.3 Å². The van der Waals surface area contributed by atoms with E-state index >= 15 is 0 Å². The second kappa shape index (κ2) is 14.3. The summed E-state index contributed by atoms with van der Waals surface area (Å²) in [7, 11) is 0. The van der Waals surface area contributed by atoms with Crippen LogP contribution in [0.2, 0.25) is 0 Å². The van der Waals surface area contributed by atoms with Gasteiger partial charge in [-0.3, -0.25) is 10.6 Å². The van der Waals surface area contributed by atoms with Crippen LogP contribution in [0.15, 0.2) is 60.7 Å². The minimum absolute atomic E-state index is 0.194. The normalized spacial score (nSPS) is 10.6. The molecule has 0 aliphatic carbocycles. The molecule has 2 aromatic carbocycles.